The summed E-state index contributed by atoms with van der Waals surface area (Å²) in [5.41, 5.74) is 0.751. The Hall–Kier alpha value is -1.74. The molecule has 0 spiro atoms. The lowest BCUT2D eigenvalue weighted by atomic mass is 10.3. The zero-order valence-electron chi connectivity index (χ0n) is 6.92. The van der Waals surface area contributed by atoms with Crippen LogP contribution in [0.3, 0.4) is 0 Å². The third kappa shape index (κ3) is 1.49. The molecule has 1 heterocycles. The molecular formula is C8H4BrN5. The number of rotatable bonds is 1. The van der Waals surface area contributed by atoms with E-state index in [0.717, 1.165) is 10.2 Å². The average Bonchev–Trinajstić information content (AvgIpc) is 2.65. The molecule has 0 atom stereocenters. The van der Waals surface area contributed by atoms with Crippen molar-refractivity contribution in [3.8, 4) is 11.8 Å². The third-order valence-electron chi connectivity index (χ3n) is 1.62. The number of tetrazole rings is 1. The highest BCUT2D eigenvalue weighted by molar-refractivity contribution is 9.10. The highest BCUT2D eigenvalue weighted by atomic mass is 79.9. The molecule has 0 aliphatic carbocycles. The van der Waals surface area contributed by atoms with E-state index in [2.05, 4.69) is 31.5 Å². The predicted octanol–water partition coefficient (Wildman–Crippen LogP) is 1.30. The maximum atomic E-state index is 8.71. The van der Waals surface area contributed by atoms with Crippen LogP contribution < -0.4 is 0 Å². The van der Waals surface area contributed by atoms with Gasteiger partial charge in [0.15, 0.2) is 0 Å². The molecular weight excluding hydrogens is 246 g/mol. The highest BCUT2D eigenvalue weighted by Gasteiger charge is 2.06. The number of halogens is 1. The van der Waals surface area contributed by atoms with Crippen molar-refractivity contribution in [3.05, 3.63) is 34.6 Å². The average molecular weight is 250 g/mol. The Morgan fingerprint density at radius 2 is 2.29 bits per heavy atom. The Balaban J connectivity index is 2.56. The summed E-state index contributed by atoms with van der Waals surface area (Å²) in [5, 5.41) is 19.4. The van der Waals surface area contributed by atoms with Gasteiger partial charge in [-0.1, -0.05) is 27.1 Å². The van der Waals surface area contributed by atoms with Gasteiger partial charge in [0.25, 0.3) is 5.82 Å². The second kappa shape index (κ2) is 3.55. The van der Waals surface area contributed by atoms with Gasteiger partial charge < -0.3 is 0 Å². The van der Waals surface area contributed by atoms with Crippen LogP contribution in [-0.4, -0.2) is 20.2 Å². The number of nitriles is 1. The van der Waals surface area contributed by atoms with Crippen LogP contribution in [0.5, 0.6) is 0 Å². The minimum Gasteiger partial charge on any atom is -0.189 e. The Kier molecular flexibility index (Phi) is 2.24. The zero-order chi connectivity index (χ0) is 9.97. The first kappa shape index (κ1) is 8.84. The molecule has 1 aromatic carbocycles. The summed E-state index contributed by atoms with van der Waals surface area (Å²) in [6.45, 7) is 0. The number of hydrogen-bond donors (Lipinski definition) is 0. The van der Waals surface area contributed by atoms with E-state index < -0.39 is 0 Å². The first-order chi connectivity index (χ1) is 6.81. The SMILES string of the molecule is N#Cc1nnnn1-c1cccc(Br)c1. The van der Waals surface area contributed by atoms with Crippen molar-refractivity contribution < 1.29 is 0 Å². The quantitative estimate of drug-likeness (QED) is 0.764. The van der Waals surface area contributed by atoms with E-state index in [4.69, 9.17) is 5.26 Å². The zero-order valence-corrected chi connectivity index (χ0v) is 8.51. The van der Waals surface area contributed by atoms with Gasteiger partial charge in [-0.05, 0) is 28.6 Å². The predicted molar refractivity (Wildman–Crippen MR) is 51.6 cm³/mol. The van der Waals surface area contributed by atoms with Crippen molar-refractivity contribution in [2.75, 3.05) is 0 Å². The van der Waals surface area contributed by atoms with Gasteiger partial charge in [0.2, 0.25) is 0 Å². The molecule has 0 saturated heterocycles. The molecule has 68 valence electrons. The maximum Gasteiger partial charge on any atom is 0.257 e. The topological polar surface area (TPSA) is 67.4 Å². The summed E-state index contributed by atoms with van der Waals surface area (Å²) < 4.78 is 2.29. The minimum absolute atomic E-state index is 0.170. The molecule has 2 rings (SSSR count). The van der Waals surface area contributed by atoms with Gasteiger partial charge in [0.05, 0.1) is 5.69 Å². The maximum absolute atomic E-state index is 8.71. The molecule has 0 bridgehead atoms. The molecule has 0 aliphatic rings. The van der Waals surface area contributed by atoms with Gasteiger partial charge >= 0.3 is 0 Å². The van der Waals surface area contributed by atoms with Crippen molar-refractivity contribution >= 4 is 15.9 Å². The van der Waals surface area contributed by atoms with Crippen LogP contribution in [0.4, 0.5) is 0 Å². The normalized spacial score (nSPS) is 9.71. The monoisotopic (exact) mass is 249 g/mol. The van der Waals surface area contributed by atoms with E-state index in [-0.39, 0.29) is 5.82 Å². The van der Waals surface area contributed by atoms with Crippen molar-refractivity contribution in [2.45, 2.75) is 0 Å². The third-order valence-corrected chi connectivity index (χ3v) is 2.12. The second-order valence-corrected chi connectivity index (χ2v) is 3.42. The Morgan fingerprint density at radius 1 is 1.43 bits per heavy atom. The molecule has 0 fully saturated rings. The molecule has 5 nitrogen and oxygen atoms in total. The van der Waals surface area contributed by atoms with Crippen LogP contribution >= 0.6 is 15.9 Å². The van der Waals surface area contributed by atoms with Crippen molar-refractivity contribution in [3.63, 3.8) is 0 Å². The molecule has 0 radical (unpaired) electrons. The van der Waals surface area contributed by atoms with Gasteiger partial charge in [-0.25, -0.2) is 0 Å². The van der Waals surface area contributed by atoms with E-state index in [0.29, 0.717) is 0 Å². The summed E-state index contributed by atoms with van der Waals surface area (Å²) in [6, 6.07) is 9.30. The van der Waals surface area contributed by atoms with Crippen molar-refractivity contribution in [1.29, 1.82) is 5.26 Å². The number of aromatic nitrogens is 4. The fraction of sp³-hybridized carbons (Fsp3) is 0. The molecule has 14 heavy (non-hydrogen) atoms. The Morgan fingerprint density at radius 3 is 3.00 bits per heavy atom. The largest absolute Gasteiger partial charge is 0.257 e. The minimum atomic E-state index is 0.170. The van der Waals surface area contributed by atoms with E-state index in [1.165, 1.54) is 4.68 Å². The van der Waals surface area contributed by atoms with Gasteiger partial charge in [-0.2, -0.15) is 9.94 Å². The first-order valence-corrected chi connectivity index (χ1v) is 4.55. The van der Waals surface area contributed by atoms with Gasteiger partial charge in [0, 0.05) is 4.47 Å². The lowest BCUT2D eigenvalue weighted by molar-refractivity contribution is 0.785. The number of benzene rings is 1. The summed E-state index contributed by atoms with van der Waals surface area (Å²) >= 11 is 3.33. The van der Waals surface area contributed by atoms with E-state index in [1.54, 1.807) is 0 Å². The molecule has 0 saturated carbocycles. The van der Waals surface area contributed by atoms with E-state index in [9.17, 15) is 0 Å². The lowest BCUT2D eigenvalue weighted by Gasteiger charge is -1.99. The number of hydrogen-bond acceptors (Lipinski definition) is 4. The number of nitrogens with zero attached hydrogens (tertiary/aromatic N) is 5. The molecule has 2 aromatic rings. The van der Waals surface area contributed by atoms with Crippen LogP contribution in [0.15, 0.2) is 28.7 Å². The van der Waals surface area contributed by atoms with Gasteiger partial charge in [-0.15, -0.1) is 0 Å². The standard InChI is InChI=1S/C8H4BrN5/c9-6-2-1-3-7(4-6)14-8(5-10)11-12-13-14/h1-4H. The van der Waals surface area contributed by atoms with Crippen LogP contribution in [0.1, 0.15) is 5.82 Å². The summed E-state index contributed by atoms with van der Waals surface area (Å²) in [5.74, 6) is 0.170. The molecule has 6 heteroatoms. The smallest absolute Gasteiger partial charge is 0.189 e. The lowest BCUT2D eigenvalue weighted by Crippen LogP contribution is -1.99. The fourth-order valence-corrected chi connectivity index (χ4v) is 1.43. The molecule has 1 aromatic heterocycles. The summed E-state index contributed by atoms with van der Waals surface area (Å²) in [6.07, 6.45) is 0. The van der Waals surface area contributed by atoms with Crippen LogP contribution in [0.2, 0.25) is 0 Å². The summed E-state index contributed by atoms with van der Waals surface area (Å²) in [4.78, 5) is 0. The molecule has 0 N–H and O–H groups in total. The van der Waals surface area contributed by atoms with E-state index >= 15 is 0 Å². The van der Waals surface area contributed by atoms with E-state index in [1.807, 2.05) is 30.3 Å². The fourth-order valence-electron chi connectivity index (χ4n) is 1.04. The summed E-state index contributed by atoms with van der Waals surface area (Å²) in [7, 11) is 0. The Bertz CT molecular complexity index is 498. The Labute approximate surface area is 88.1 Å². The van der Waals surface area contributed by atoms with Crippen molar-refractivity contribution in [2.24, 2.45) is 0 Å². The van der Waals surface area contributed by atoms with Crippen LogP contribution in [0.25, 0.3) is 5.69 Å². The highest BCUT2D eigenvalue weighted by Crippen LogP contribution is 2.14. The van der Waals surface area contributed by atoms with Crippen LogP contribution in [0, 0.1) is 11.3 Å². The van der Waals surface area contributed by atoms with Crippen molar-refractivity contribution in [1.82, 2.24) is 20.2 Å². The first-order valence-electron chi connectivity index (χ1n) is 3.75. The molecule has 0 unspecified atom stereocenters. The van der Waals surface area contributed by atoms with Gasteiger partial charge in [-0.3, -0.25) is 0 Å². The molecule has 0 aliphatic heterocycles. The van der Waals surface area contributed by atoms with Gasteiger partial charge in [0.1, 0.15) is 6.07 Å². The second-order valence-electron chi connectivity index (χ2n) is 2.51. The molecule has 0 amide bonds. The van der Waals surface area contributed by atoms with Crippen LogP contribution in [-0.2, 0) is 0 Å².